The largest absolute Gasteiger partial charge is 0.465 e. The van der Waals surface area contributed by atoms with Crippen LogP contribution >= 0.6 is 0 Å². The number of halogens is 1. The lowest BCUT2D eigenvalue weighted by atomic mass is 9.46. The van der Waals surface area contributed by atoms with E-state index in [-0.39, 0.29) is 27.8 Å². The first-order valence-electron chi connectivity index (χ1n) is 14.0. The molecule has 4 rings (SSSR count). The van der Waals surface area contributed by atoms with Crippen molar-refractivity contribution in [1.29, 1.82) is 0 Å². The zero-order valence-corrected chi connectivity index (χ0v) is 24.7. The Morgan fingerprint density at radius 1 is 1.14 bits per heavy atom. The monoisotopic (exact) mass is 504 g/mol. The number of allylic oxidation sites excluding steroid dienone is 2. The molecule has 3 fully saturated rings. The quantitative estimate of drug-likeness (QED) is 0.280. The van der Waals surface area contributed by atoms with Crippen LogP contribution in [0.3, 0.4) is 0 Å². The Balaban J connectivity index is 1.50. The number of carbonyl (C=O) groups is 1. The standard InChI is InChI=1S/C30H49FO3Si/c1-19(18-34-35(8,9)28(2,3)4)22-12-13-23-20-10-11-25-26(31)21(27(32)33-7)14-16-30(25,6)24(20)15-17-29(22,23)5/h14,16,19-20,22-25H,10-13,15,17-18H2,1-9H3/t19?,20-,22+,23-,24-,25?,29+,30+/m0/s1. The van der Waals surface area contributed by atoms with Gasteiger partial charge in [-0.1, -0.05) is 47.6 Å². The summed E-state index contributed by atoms with van der Waals surface area (Å²) in [5, 5.41) is 0.242. The number of ether oxygens (including phenoxy) is 1. The van der Waals surface area contributed by atoms with Crippen molar-refractivity contribution < 1.29 is 18.3 Å². The molecule has 198 valence electrons. The molecule has 0 aromatic heterocycles. The number of hydrogen-bond donors (Lipinski definition) is 0. The van der Waals surface area contributed by atoms with Gasteiger partial charge in [0, 0.05) is 12.5 Å². The third kappa shape index (κ3) is 4.31. The lowest BCUT2D eigenvalue weighted by Gasteiger charge is -2.59. The molecular formula is C30H49FO3Si. The van der Waals surface area contributed by atoms with Crippen molar-refractivity contribution in [3.63, 3.8) is 0 Å². The second-order valence-corrected chi connectivity index (χ2v) is 19.0. The minimum Gasteiger partial charge on any atom is -0.465 e. The minimum atomic E-state index is -1.75. The molecule has 0 radical (unpaired) electrons. The maximum absolute atomic E-state index is 15.5. The second kappa shape index (κ2) is 9.11. The number of rotatable bonds is 5. The van der Waals surface area contributed by atoms with E-state index in [1.807, 2.05) is 0 Å². The van der Waals surface area contributed by atoms with Gasteiger partial charge in [-0.2, -0.15) is 0 Å². The Morgan fingerprint density at radius 3 is 2.46 bits per heavy atom. The average Bonchev–Trinajstić information content (AvgIpc) is 3.13. The predicted octanol–water partition coefficient (Wildman–Crippen LogP) is 8.09. The van der Waals surface area contributed by atoms with Crippen molar-refractivity contribution >= 4 is 14.3 Å². The molecule has 3 nitrogen and oxygen atoms in total. The Kier molecular flexibility index (Phi) is 7.06. The van der Waals surface area contributed by atoms with Crippen molar-refractivity contribution in [2.45, 2.75) is 98.2 Å². The van der Waals surface area contributed by atoms with Crippen molar-refractivity contribution in [1.82, 2.24) is 0 Å². The zero-order valence-electron chi connectivity index (χ0n) is 23.7. The van der Waals surface area contributed by atoms with Gasteiger partial charge < -0.3 is 9.16 Å². The molecule has 4 aliphatic carbocycles. The molecule has 0 aromatic rings. The maximum atomic E-state index is 15.5. The highest BCUT2D eigenvalue weighted by atomic mass is 28.4. The van der Waals surface area contributed by atoms with Crippen LogP contribution in [-0.4, -0.2) is 28.0 Å². The van der Waals surface area contributed by atoms with E-state index in [1.165, 1.54) is 26.4 Å². The Labute approximate surface area is 214 Å². The maximum Gasteiger partial charge on any atom is 0.340 e. The summed E-state index contributed by atoms with van der Waals surface area (Å²) in [6.07, 6.45) is 10.7. The number of fused-ring (bicyclic) bond motifs is 5. The molecule has 0 heterocycles. The van der Waals surface area contributed by atoms with E-state index >= 15 is 4.39 Å². The zero-order chi connectivity index (χ0) is 26.0. The first kappa shape index (κ1) is 27.1. The number of methoxy groups -OCH3 is 1. The van der Waals surface area contributed by atoms with Gasteiger partial charge in [-0.15, -0.1) is 0 Å². The molecule has 0 aromatic carbocycles. The summed E-state index contributed by atoms with van der Waals surface area (Å²) in [6.45, 7) is 19.8. The van der Waals surface area contributed by atoms with Crippen LogP contribution in [0.1, 0.15) is 80.1 Å². The van der Waals surface area contributed by atoms with Crippen molar-refractivity contribution in [3.05, 3.63) is 23.6 Å². The van der Waals surface area contributed by atoms with Crippen molar-refractivity contribution in [2.75, 3.05) is 13.7 Å². The summed E-state index contributed by atoms with van der Waals surface area (Å²) < 4.78 is 27.0. The molecule has 0 aliphatic heterocycles. The van der Waals surface area contributed by atoms with E-state index in [0.29, 0.717) is 35.0 Å². The lowest BCUT2D eigenvalue weighted by Crippen LogP contribution is -2.52. The van der Waals surface area contributed by atoms with Gasteiger partial charge in [0.25, 0.3) is 0 Å². The summed E-state index contributed by atoms with van der Waals surface area (Å²) >= 11 is 0. The number of carbonyl (C=O) groups excluding carboxylic acids is 1. The SMILES string of the molecule is COC(=O)C1=C(F)C2CC[C@H]3[C@@H]4CC[C@H](C(C)CO[Si](C)(C)C(C)(C)C)[C@@]4(C)CC[C@@H]3[C@@]2(C)C=C1. The van der Waals surface area contributed by atoms with E-state index in [4.69, 9.17) is 9.16 Å². The normalized spacial score (nSPS) is 40.1. The van der Waals surface area contributed by atoms with Gasteiger partial charge >= 0.3 is 5.97 Å². The highest BCUT2D eigenvalue weighted by Gasteiger charge is 2.61. The lowest BCUT2D eigenvalue weighted by molar-refractivity contribution is -0.136. The van der Waals surface area contributed by atoms with Gasteiger partial charge in [0.05, 0.1) is 12.7 Å². The van der Waals surface area contributed by atoms with Crippen LogP contribution in [0, 0.1) is 46.3 Å². The van der Waals surface area contributed by atoms with E-state index in [0.717, 1.165) is 25.9 Å². The summed E-state index contributed by atoms with van der Waals surface area (Å²) in [7, 11) is -0.416. The van der Waals surface area contributed by atoms with Crippen LogP contribution in [0.15, 0.2) is 23.6 Å². The topological polar surface area (TPSA) is 35.5 Å². The fraction of sp³-hybridized carbons (Fsp3) is 0.833. The number of esters is 1. The van der Waals surface area contributed by atoms with E-state index < -0.39 is 14.3 Å². The predicted molar refractivity (Wildman–Crippen MR) is 143 cm³/mol. The summed E-state index contributed by atoms with van der Waals surface area (Å²) in [4.78, 5) is 12.1. The molecule has 8 atom stereocenters. The first-order chi connectivity index (χ1) is 16.2. The van der Waals surface area contributed by atoms with Crippen molar-refractivity contribution in [2.24, 2.45) is 46.3 Å². The molecule has 4 aliphatic rings. The van der Waals surface area contributed by atoms with Crippen LogP contribution in [0.5, 0.6) is 0 Å². The average molecular weight is 505 g/mol. The summed E-state index contributed by atoms with van der Waals surface area (Å²) in [5.41, 5.74) is 0.275. The van der Waals surface area contributed by atoms with Gasteiger partial charge in [-0.3, -0.25) is 0 Å². The number of hydrogen-bond acceptors (Lipinski definition) is 3. The van der Waals surface area contributed by atoms with Crippen molar-refractivity contribution in [3.8, 4) is 0 Å². The first-order valence-corrected chi connectivity index (χ1v) is 16.9. The molecule has 0 N–H and O–H groups in total. The molecular weight excluding hydrogens is 455 g/mol. The van der Waals surface area contributed by atoms with Gasteiger partial charge in [-0.05, 0) is 103 Å². The highest BCUT2D eigenvalue weighted by Crippen LogP contribution is 2.68. The van der Waals surface area contributed by atoms with E-state index in [9.17, 15) is 4.79 Å². The third-order valence-corrected chi connectivity index (χ3v) is 16.1. The third-order valence-electron chi connectivity index (χ3n) is 11.6. The fourth-order valence-corrected chi connectivity index (χ4v) is 9.60. The molecule has 2 unspecified atom stereocenters. The Morgan fingerprint density at radius 2 is 1.83 bits per heavy atom. The smallest absolute Gasteiger partial charge is 0.340 e. The summed E-state index contributed by atoms with van der Waals surface area (Å²) in [5.74, 6) is 2.13. The van der Waals surface area contributed by atoms with Gasteiger partial charge in [0.1, 0.15) is 5.83 Å². The van der Waals surface area contributed by atoms with Crippen LogP contribution in [0.2, 0.25) is 18.1 Å². The van der Waals surface area contributed by atoms with Gasteiger partial charge in [-0.25, -0.2) is 9.18 Å². The van der Waals surface area contributed by atoms with Crippen LogP contribution < -0.4 is 0 Å². The van der Waals surface area contributed by atoms with Crippen LogP contribution in [0.25, 0.3) is 0 Å². The molecule has 0 spiro atoms. The Bertz CT molecular complexity index is 902. The van der Waals surface area contributed by atoms with E-state index in [1.54, 1.807) is 6.08 Å². The van der Waals surface area contributed by atoms with Crippen LogP contribution in [0.4, 0.5) is 4.39 Å². The highest BCUT2D eigenvalue weighted by molar-refractivity contribution is 6.74. The molecule has 5 heteroatoms. The molecule has 3 saturated carbocycles. The summed E-state index contributed by atoms with van der Waals surface area (Å²) in [6, 6.07) is 0. The second-order valence-electron chi connectivity index (χ2n) is 14.2. The molecule has 0 bridgehead atoms. The fourth-order valence-electron chi connectivity index (χ4n) is 8.48. The van der Waals surface area contributed by atoms with Gasteiger partial charge in [0.2, 0.25) is 0 Å². The molecule has 0 saturated heterocycles. The van der Waals surface area contributed by atoms with E-state index in [2.05, 4.69) is 60.7 Å². The minimum absolute atomic E-state index is 0.130. The Hall–Kier alpha value is -0.943. The molecule has 0 amide bonds. The van der Waals surface area contributed by atoms with Gasteiger partial charge in [0.15, 0.2) is 8.32 Å². The molecule has 35 heavy (non-hydrogen) atoms. The van der Waals surface area contributed by atoms with Crippen LogP contribution in [-0.2, 0) is 14.0 Å².